The van der Waals surface area contributed by atoms with Gasteiger partial charge in [-0.25, -0.2) is 8.78 Å². The molecule has 1 aliphatic carbocycles. The zero-order valence-corrected chi connectivity index (χ0v) is 18.9. The molecule has 2 heterocycles. The van der Waals surface area contributed by atoms with Crippen molar-refractivity contribution in [2.75, 3.05) is 0 Å². The van der Waals surface area contributed by atoms with Gasteiger partial charge in [-0.2, -0.15) is 0 Å². The Morgan fingerprint density at radius 1 is 1.40 bits per heavy atom. The van der Waals surface area contributed by atoms with E-state index in [2.05, 4.69) is 25.9 Å². The average Bonchev–Trinajstić information content (AvgIpc) is 3.45. The summed E-state index contributed by atoms with van der Waals surface area (Å²) in [7, 11) is 0. The number of halogens is 3. The van der Waals surface area contributed by atoms with Crippen LogP contribution in [0.15, 0.2) is 46.0 Å². The van der Waals surface area contributed by atoms with E-state index >= 15 is 0 Å². The number of ketones is 1. The molecule has 1 aliphatic heterocycles. The molecule has 4 rings (SSSR count). The number of rotatable bonds is 5. The minimum Gasteiger partial charge on any atom is -0.378 e. The minimum absolute atomic E-state index is 0.102. The van der Waals surface area contributed by atoms with Crippen LogP contribution >= 0.6 is 27.7 Å². The lowest BCUT2D eigenvalue weighted by molar-refractivity contribution is -0.119. The van der Waals surface area contributed by atoms with Gasteiger partial charge < -0.3 is 5.73 Å². The Balaban J connectivity index is 1.73. The Bertz CT molecular complexity index is 1090. The van der Waals surface area contributed by atoms with E-state index < -0.39 is 21.9 Å². The lowest BCUT2D eigenvalue weighted by Gasteiger charge is -2.33. The fourth-order valence-corrected chi connectivity index (χ4v) is 5.92. The molecule has 0 unspecified atom stereocenters. The molecule has 1 saturated carbocycles. The number of benzene rings is 1. The number of carbonyl (C=O) groups excluding carboxylic acids is 1. The topological polar surface area (TPSA) is 68.3 Å². The summed E-state index contributed by atoms with van der Waals surface area (Å²) in [5.41, 5.74) is 6.04. The number of aromatic nitrogens is 1. The first-order chi connectivity index (χ1) is 14.2. The number of fused-ring (bicyclic) bond motifs is 1. The first-order valence-electron chi connectivity index (χ1n) is 9.56. The lowest BCUT2D eigenvalue weighted by atomic mass is 9.84. The van der Waals surface area contributed by atoms with Crippen LogP contribution in [0.5, 0.6) is 0 Å². The van der Waals surface area contributed by atoms with Crippen LogP contribution in [0.25, 0.3) is 11.9 Å². The van der Waals surface area contributed by atoms with E-state index in [-0.39, 0.29) is 22.6 Å². The molecular formula is C22H20BrF2N3OS. The Labute approximate surface area is 186 Å². The summed E-state index contributed by atoms with van der Waals surface area (Å²) in [5.74, 6) is -1.04. The molecule has 30 heavy (non-hydrogen) atoms. The Hall–Kier alpha value is -2.06. The molecule has 2 N–H and O–H groups in total. The van der Waals surface area contributed by atoms with E-state index in [1.54, 1.807) is 25.1 Å². The summed E-state index contributed by atoms with van der Waals surface area (Å²) in [6.45, 7) is 3.62. The van der Waals surface area contributed by atoms with Crippen LogP contribution in [-0.4, -0.2) is 20.7 Å². The van der Waals surface area contributed by atoms with E-state index in [4.69, 9.17) is 5.73 Å². The molecule has 156 valence electrons. The molecule has 0 spiro atoms. The molecule has 3 atom stereocenters. The van der Waals surface area contributed by atoms with Crippen molar-refractivity contribution >= 4 is 50.5 Å². The predicted molar refractivity (Wildman–Crippen MR) is 120 cm³/mol. The standard InChI is InChI=1S/C22H20BrF2N3OS/c1-3-19(29)22-10-18(22)21(2,28-20(26)30-22)14-8-12(4-6-15(14)24)9-16(25)17-7-5-13(23)11-27-17/h4-9,11,18H,3,10H2,1-2H3,(H2,26,28)/b16-9+/t18-,21+,22-/m0/s1. The summed E-state index contributed by atoms with van der Waals surface area (Å²) >= 11 is 4.55. The van der Waals surface area contributed by atoms with Gasteiger partial charge in [0, 0.05) is 28.6 Å². The highest BCUT2D eigenvalue weighted by molar-refractivity contribution is 9.10. The molecule has 0 amide bonds. The molecule has 8 heteroatoms. The molecule has 4 nitrogen and oxygen atoms in total. The maximum absolute atomic E-state index is 14.9. The zero-order chi connectivity index (χ0) is 21.7. The van der Waals surface area contributed by atoms with Crippen LogP contribution in [-0.2, 0) is 10.3 Å². The second-order valence-electron chi connectivity index (χ2n) is 7.72. The van der Waals surface area contributed by atoms with Gasteiger partial charge in [0.05, 0.1) is 16.0 Å². The molecule has 1 fully saturated rings. The van der Waals surface area contributed by atoms with Crippen molar-refractivity contribution in [2.24, 2.45) is 16.6 Å². The number of hydrogen-bond donors (Lipinski definition) is 1. The summed E-state index contributed by atoms with van der Waals surface area (Å²) in [4.78, 5) is 21.2. The van der Waals surface area contributed by atoms with Crippen molar-refractivity contribution in [1.29, 1.82) is 0 Å². The van der Waals surface area contributed by atoms with E-state index in [1.807, 2.05) is 6.92 Å². The fourth-order valence-electron chi connectivity index (χ4n) is 4.20. The van der Waals surface area contributed by atoms with E-state index in [0.29, 0.717) is 24.0 Å². The van der Waals surface area contributed by atoms with Crippen molar-refractivity contribution in [2.45, 2.75) is 37.0 Å². The summed E-state index contributed by atoms with van der Waals surface area (Å²) < 4.78 is 29.7. The van der Waals surface area contributed by atoms with Crippen molar-refractivity contribution < 1.29 is 13.6 Å². The fraction of sp³-hybridized carbons (Fsp3) is 0.318. The highest BCUT2D eigenvalue weighted by atomic mass is 79.9. The van der Waals surface area contributed by atoms with Gasteiger partial charge in [-0.15, -0.1) is 0 Å². The van der Waals surface area contributed by atoms with Gasteiger partial charge in [0.2, 0.25) is 0 Å². The normalized spacial score (nSPS) is 28.0. The SMILES string of the molecule is CCC(=O)[C@]12C[C@H]1[C@@](C)(c1cc(/C=C(/F)c3ccc(Br)cn3)ccc1F)N=C(N)S2. The van der Waals surface area contributed by atoms with Crippen molar-refractivity contribution in [3.63, 3.8) is 0 Å². The molecule has 2 aliphatic rings. The second kappa shape index (κ2) is 7.57. The van der Waals surface area contributed by atoms with Gasteiger partial charge in [0.15, 0.2) is 5.17 Å². The minimum atomic E-state index is -0.986. The van der Waals surface area contributed by atoms with Crippen LogP contribution in [0.2, 0.25) is 0 Å². The molecule has 0 radical (unpaired) electrons. The van der Waals surface area contributed by atoms with E-state index in [0.717, 1.165) is 4.47 Å². The first-order valence-corrected chi connectivity index (χ1v) is 11.2. The third-order valence-electron chi connectivity index (χ3n) is 5.81. The highest BCUT2D eigenvalue weighted by Crippen LogP contribution is 2.66. The third kappa shape index (κ3) is 3.50. The van der Waals surface area contributed by atoms with Crippen LogP contribution in [0, 0.1) is 11.7 Å². The number of hydrogen-bond acceptors (Lipinski definition) is 5. The Morgan fingerprint density at radius 3 is 2.83 bits per heavy atom. The van der Waals surface area contributed by atoms with Gasteiger partial charge in [-0.05, 0) is 65.2 Å². The largest absolute Gasteiger partial charge is 0.378 e. The third-order valence-corrected chi connectivity index (χ3v) is 7.62. The summed E-state index contributed by atoms with van der Waals surface area (Å²) in [5, 5.41) is 0.277. The maximum atomic E-state index is 14.9. The number of pyridine rings is 1. The Morgan fingerprint density at radius 2 is 2.17 bits per heavy atom. The number of amidine groups is 1. The summed E-state index contributed by atoms with van der Waals surface area (Å²) in [6, 6.07) is 7.64. The highest BCUT2D eigenvalue weighted by Gasteiger charge is 2.69. The molecular weight excluding hydrogens is 472 g/mol. The molecule has 0 bridgehead atoms. The average molecular weight is 492 g/mol. The zero-order valence-electron chi connectivity index (χ0n) is 16.5. The van der Waals surface area contributed by atoms with Crippen LogP contribution in [0.1, 0.15) is 43.5 Å². The molecule has 2 aromatic rings. The van der Waals surface area contributed by atoms with Crippen LogP contribution in [0.3, 0.4) is 0 Å². The van der Waals surface area contributed by atoms with Gasteiger partial charge in [-0.3, -0.25) is 14.8 Å². The monoisotopic (exact) mass is 491 g/mol. The second-order valence-corrected chi connectivity index (χ2v) is 9.98. The molecule has 1 aromatic heterocycles. The number of nitrogens with two attached hydrogens (primary N) is 1. The number of aliphatic imine (C=N–C) groups is 1. The number of carbonyl (C=O) groups is 1. The van der Waals surface area contributed by atoms with Crippen molar-refractivity contribution in [3.05, 3.63) is 63.6 Å². The molecule has 1 aromatic carbocycles. The smallest absolute Gasteiger partial charge is 0.155 e. The van der Waals surface area contributed by atoms with Crippen molar-refractivity contribution in [3.8, 4) is 0 Å². The predicted octanol–water partition coefficient (Wildman–Crippen LogP) is 5.47. The number of Topliss-reactive ketones (excluding diaryl/α,β-unsaturated/α-hetero) is 1. The van der Waals surface area contributed by atoms with Crippen molar-refractivity contribution in [1.82, 2.24) is 4.98 Å². The van der Waals surface area contributed by atoms with Gasteiger partial charge in [0.1, 0.15) is 17.4 Å². The molecule has 0 saturated heterocycles. The lowest BCUT2D eigenvalue weighted by Crippen LogP contribution is -2.39. The van der Waals surface area contributed by atoms with E-state index in [1.165, 1.54) is 36.2 Å². The quantitative estimate of drug-likeness (QED) is 0.602. The summed E-state index contributed by atoms with van der Waals surface area (Å²) in [6.07, 6.45) is 3.81. The van der Waals surface area contributed by atoms with Gasteiger partial charge in [-0.1, -0.05) is 24.8 Å². The van der Waals surface area contributed by atoms with Gasteiger partial charge >= 0.3 is 0 Å². The van der Waals surface area contributed by atoms with Crippen LogP contribution in [0.4, 0.5) is 8.78 Å². The first kappa shape index (κ1) is 21.2. The van der Waals surface area contributed by atoms with Gasteiger partial charge in [0.25, 0.3) is 0 Å². The number of thioether (sulfide) groups is 1. The van der Waals surface area contributed by atoms with E-state index in [9.17, 15) is 13.6 Å². The van der Waals surface area contributed by atoms with Crippen LogP contribution < -0.4 is 5.73 Å². The Kier molecular flexibility index (Phi) is 5.34. The maximum Gasteiger partial charge on any atom is 0.155 e. The number of nitrogens with zero attached hydrogens (tertiary/aromatic N) is 2.